The highest BCUT2D eigenvalue weighted by Crippen LogP contribution is 2.44. The minimum absolute atomic E-state index is 0.0105. The lowest BCUT2D eigenvalue weighted by atomic mass is 9.71. The number of ether oxygens (including phenoxy) is 1. The molecule has 0 aromatic carbocycles. The van der Waals surface area contributed by atoms with Crippen molar-refractivity contribution in [2.45, 2.75) is 82.5 Å². The summed E-state index contributed by atoms with van der Waals surface area (Å²) < 4.78 is 36.6. The fourth-order valence-electron chi connectivity index (χ4n) is 5.75. The first-order valence-corrected chi connectivity index (χ1v) is 11.8. The molecule has 0 radical (unpaired) electrons. The Bertz CT molecular complexity index is 608. The van der Waals surface area contributed by atoms with Crippen molar-refractivity contribution in [2.75, 3.05) is 33.3 Å². The number of hydrogen-bond acceptors (Lipinski definition) is 6. The predicted octanol–water partition coefficient (Wildman–Crippen LogP) is 1.50. The molecule has 3 fully saturated rings. The van der Waals surface area contributed by atoms with Crippen LogP contribution in [0.25, 0.3) is 0 Å². The lowest BCUT2D eigenvalue weighted by Gasteiger charge is -2.46. The minimum atomic E-state index is -1.04. The fraction of sp³-hybridized carbons (Fsp3) is 0.909. The number of fused-ring (bicyclic) bond motifs is 1. The van der Waals surface area contributed by atoms with Crippen LogP contribution in [-0.4, -0.2) is 81.2 Å². The second-order valence-electron chi connectivity index (χ2n) is 9.54. The van der Waals surface area contributed by atoms with Gasteiger partial charge in [-0.05, 0) is 58.7 Å². The molecule has 2 saturated heterocycles. The van der Waals surface area contributed by atoms with Gasteiger partial charge in [0, 0.05) is 31.2 Å². The van der Waals surface area contributed by atoms with Crippen molar-refractivity contribution in [1.29, 1.82) is 0 Å². The van der Waals surface area contributed by atoms with Crippen LogP contribution < -0.4 is 21.3 Å². The van der Waals surface area contributed by atoms with E-state index < -0.39 is 18.5 Å². The number of nitrogens with one attached hydrogen (secondary N) is 4. The first-order valence-electron chi connectivity index (χ1n) is 11.8. The van der Waals surface area contributed by atoms with Crippen LogP contribution in [0.15, 0.2) is 11.6 Å². The molecule has 4 N–H and O–H groups in total. The van der Waals surface area contributed by atoms with Crippen molar-refractivity contribution in [2.24, 2.45) is 11.8 Å². The zero-order valence-electron chi connectivity index (χ0n) is 18.5. The first kappa shape index (κ1) is 22.6. The molecule has 0 spiro atoms. The van der Waals surface area contributed by atoms with E-state index in [0.717, 1.165) is 45.4 Å². The van der Waals surface area contributed by atoms with E-state index in [-0.39, 0.29) is 30.4 Å². The van der Waals surface area contributed by atoms with Crippen LogP contribution in [0, 0.1) is 11.8 Å². The highest BCUT2D eigenvalue weighted by molar-refractivity contribution is 5.18. The number of halogens is 2. The Kier molecular flexibility index (Phi) is 7.42. The number of nitrogens with zero attached hydrogens (tertiary/aromatic N) is 1. The van der Waals surface area contributed by atoms with Crippen LogP contribution >= 0.6 is 0 Å². The third-order valence-corrected chi connectivity index (χ3v) is 7.38. The molecule has 6 nitrogen and oxygen atoms in total. The van der Waals surface area contributed by atoms with E-state index in [4.69, 9.17) is 4.74 Å². The van der Waals surface area contributed by atoms with Gasteiger partial charge in [-0.3, -0.25) is 21.3 Å². The van der Waals surface area contributed by atoms with Gasteiger partial charge in [-0.15, -0.1) is 0 Å². The van der Waals surface area contributed by atoms with Gasteiger partial charge in [0.05, 0.1) is 12.3 Å². The molecule has 9 atom stereocenters. The fourth-order valence-corrected chi connectivity index (χ4v) is 5.75. The van der Waals surface area contributed by atoms with Crippen molar-refractivity contribution in [3.63, 3.8) is 0 Å². The normalized spacial score (nSPS) is 45.6. The first-order chi connectivity index (χ1) is 14.5. The number of alkyl halides is 2. The largest absolute Gasteiger partial charge is 0.377 e. The Balaban J connectivity index is 1.48. The van der Waals surface area contributed by atoms with Gasteiger partial charge in [-0.2, -0.15) is 0 Å². The van der Waals surface area contributed by atoms with E-state index in [2.05, 4.69) is 39.3 Å². The molecular formula is C22H39F2N5O. The maximum Gasteiger partial charge on any atom is 0.143 e. The molecule has 1 aliphatic carbocycles. The van der Waals surface area contributed by atoms with Gasteiger partial charge in [-0.1, -0.05) is 18.6 Å². The van der Waals surface area contributed by atoms with Gasteiger partial charge in [0.1, 0.15) is 18.6 Å². The summed E-state index contributed by atoms with van der Waals surface area (Å²) in [7, 11) is 2.12. The van der Waals surface area contributed by atoms with Gasteiger partial charge in [0.25, 0.3) is 0 Å². The van der Waals surface area contributed by atoms with Gasteiger partial charge in [0.2, 0.25) is 0 Å². The second kappa shape index (κ2) is 9.88. The Morgan fingerprint density at radius 1 is 1.27 bits per heavy atom. The van der Waals surface area contributed by atoms with Crippen LogP contribution in [-0.2, 0) is 4.74 Å². The average Bonchev–Trinajstić information content (AvgIpc) is 3.07. The highest BCUT2D eigenvalue weighted by Gasteiger charge is 2.50. The summed E-state index contributed by atoms with van der Waals surface area (Å²) in [6, 6.07) is -0.594. The SMILES string of the molecule is CCNC1NC(NC2CC3CCOC3C(C3=CCN(C)CCC3)C2F)NC(C)C1F. The molecule has 9 unspecified atom stereocenters. The van der Waals surface area contributed by atoms with Gasteiger partial charge < -0.3 is 9.64 Å². The quantitative estimate of drug-likeness (QED) is 0.499. The van der Waals surface area contributed by atoms with E-state index in [1.54, 1.807) is 0 Å². The molecule has 30 heavy (non-hydrogen) atoms. The smallest absolute Gasteiger partial charge is 0.143 e. The topological polar surface area (TPSA) is 60.6 Å². The van der Waals surface area contributed by atoms with Crippen molar-refractivity contribution >= 4 is 0 Å². The van der Waals surface area contributed by atoms with E-state index in [9.17, 15) is 4.39 Å². The summed E-state index contributed by atoms with van der Waals surface area (Å²) in [6.07, 6.45) is 3.16. The summed E-state index contributed by atoms with van der Waals surface area (Å²) in [6.45, 7) is 7.13. The Morgan fingerprint density at radius 3 is 2.90 bits per heavy atom. The highest BCUT2D eigenvalue weighted by atomic mass is 19.1. The molecule has 172 valence electrons. The van der Waals surface area contributed by atoms with Crippen LogP contribution in [0.1, 0.15) is 39.5 Å². The standard InChI is InChI=1S/C22H39F2N5O/c1-4-25-21-18(23)13(2)26-22(28-21)27-16-12-15-8-11-30-20(15)17(19(16)24)14-6-5-9-29(3)10-7-14/h7,13,15-22,25-28H,4-6,8-12H2,1-3H3. The van der Waals surface area contributed by atoms with E-state index in [0.29, 0.717) is 12.5 Å². The zero-order chi connectivity index (χ0) is 21.3. The molecule has 1 saturated carbocycles. The maximum absolute atomic E-state index is 16.0. The molecule has 3 aliphatic heterocycles. The summed E-state index contributed by atoms with van der Waals surface area (Å²) in [5.41, 5.74) is 1.22. The maximum atomic E-state index is 16.0. The molecule has 4 aliphatic rings. The predicted molar refractivity (Wildman–Crippen MR) is 114 cm³/mol. The third-order valence-electron chi connectivity index (χ3n) is 7.38. The minimum Gasteiger partial charge on any atom is -0.377 e. The van der Waals surface area contributed by atoms with Crippen LogP contribution in [0.4, 0.5) is 8.78 Å². The van der Waals surface area contributed by atoms with Crippen LogP contribution in [0.5, 0.6) is 0 Å². The molecule has 0 aromatic heterocycles. The summed E-state index contributed by atoms with van der Waals surface area (Å²) in [5.74, 6) is 0.190. The Hall–Kier alpha value is -0.640. The monoisotopic (exact) mass is 427 g/mol. The molecule has 0 amide bonds. The van der Waals surface area contributed by atoms with Crippen molar-refractivity contribution in [3.05, 3.63) is 11.6 Å². The molecule has 8 heteroatoms. The van der Waals surface area contributed by atoms with Crippen LogP contribution in [0.2, 0.25) is 0 Å². The molecule has 0 bridgehead atoms. The Morgan fingerprint density at radius 2 is 2.10 bits per heavy atom. The van der Waals surface area contributed by atoms with Gasteiger partial charge in [-0.25, -0.2) is 8.78 Å². The van der Waals surface area contributed by atoms with Crippen molar-refractivity contribution < 1.29 is 13.5 Å². The number of hydrogen-bond donors (Lipinski definition) is 4. The van der Waals surface area contributed by atoms with E-state index in [1.165, 1.54) is 5.57 Å². The summed E-state index contributed by atoms with van der Waals surface area (Å²) in [5, 5.41) is 13.1. The number of likely N-dealkylation sites (N-methyl/N-ethyl adjacent to an activating group) is 1. The second-order valence-corrected chi connectivity index (χ2v) is 9.54. The summed E-state index contributed by atoms with van der Waals surface area (Å²) >= 11 is 0. The average molecular weight is 428 g/mol. The zero-order valence-corrected chi connectivity index (χ0v) is 18.5. The van der Waals surface area contributed by atoms with E-state index in [1.807, 2.05) is 13.8 Å². The van der Waals surface area contributed by atoms with Gasteiger partial charge in [0.15, 0.2) is 0 Å². The molecule has 3 heterocycles. The van der Waals surface area contributed by atoms with Crippen molar-refractivity contribution in [3.8, 4) is 0 Å². The van der Waals surface area contributed by atoms with E-state index >= 15 is 4.39 Å². The van der Waals surface area contributed by atoms with Crippen LogP contribution in [0.3, 0.4) is 0 Å². The molecule has 4 rings (SSSR count). The Labute approximate surface area is 179 Å². The third kappa shape index (κ3) is 4.74. The molecule has 0 aromatic rings. The number of rotatable bonds is 5. The lowest BCUT2D eigenvalue weighted by molar-refractivity contribution is -0.0283. The van der Waals surface area contributed by atoms with Gasteiger partial charge >= 0.3 is 0 Å². The summed E-state index contributed by atoms with van der Waals surface area (Å²) in [4.78, 5) is 2.29. The molecular weight excluding hydrogens is 388 g/mol. The lowest BCUT2D eigenvalue weighted by Crippen LogP contribution is -2.73. The van der Waals surface area contributed by atoms with Crippen molar-refractivity contribution in [1.82, 2.24) is 26.2 Å².